The molecule has 0 bridgehead atoms. The Morgan fingerprint density at radius 2 is 1.55 bits per heavy atom. The number of rotatable bonds is 6. The molecule has 2 aromatic heterocycles. The molecule has 7 rings (SSSR count). The average Bonchev–Trinajstić information content (AvgIpc) is 3.59. The maximum Gasteiger partial charge on any atom is 0.337 e. The first-order valence-electron chi connectivity index (χ1n) is 16.2. The molecule has 2 N–H and O–H groups in total. The summed E-state index contributed by atoms with van der Waals surface area (Å²) < 4.78 is 17.1. The molecule has 1 saturated heterocycles. The van der Waals surface area contributed by atoms with Crippen LogP contribution in [0.5, 0.6) is 0 Å². The highest BCUT2D eigenvalue weighted by Gasteiger charge is 2.27. The Bertz CT molecular complexity index is 1740. The Kier molecular flexibility index (Phi) is 8.18. The fourth-order valence-electron chi connectivity index (χ4n) is 7.54. The van der Waals surface area contributed by atoms with Gasteiger partial charge in [-0.15, -0.1) is 0 Å². The highest BCUT2D eigenvalue weighted by molar-refractivity contribution is 5.76. The Labute approximate surface area is 256 Å². The molecular weight excluding hydrogens is 555 g/mol. The minimum atomic E-state index is -0.610. The molecule has 3 heterocycles. The lowest BCUT2D eigenvalue weighted by molar-refractivity contribution is 0.0937. The number of benzene rings is 2. The van der Waals surface area contributed by atoms with Gasteiger partial charge in [0.15, 0.2) is 5.65 Å². The van der Waals surface area contributed by atoms with Gasteiger partial charge in [-0.2, -0.15) is 0 Å². The van der Waals surface area contributed by atoms with E-state index in [1.54, 1.807) is 0 Å². The molecule has 0 unspecified atom stereocenters. The van der Waals surface area contributed by atoms with E-state index in [-0.39, 0.29) is 23.1 Å². The third-order valence-electron chi connectivity index (χ3n) is 10.0. The van der Waals surface area contributed by atoms with Crippen LogP contribution in [0.1, 0.15) is 63.0 Å². The molecule has 1 aliphatic heterocycles. The van der Waals surface area contributed by atoms with Crippen LogP contribution in [0.25, 0.3) is 27.8 Å². The van der Waals surface area contributed by atoms with Crippen molar-refractivity contribution in [2.75, 3.05) is 26.2 Å². The molecule has 2 aromatic carbocycles. The van der Waals surface area contributed by atoms with E-state index in [0.717, 1.165) is 68.9 Å². The van der Waals surface area contributed by atoms with Crippen LogP contribution in [0.15, 0.2) is 70.4 Å². The summed E-state index contributed by atoms with van der Waals surface area (Å²) in [5, 5.41) is 0.0957. The van der Waals surface area contributed by atoms with Crippen LogP contribution >= 0.6 is 0 Å². The van der Waals surface area contributed by atoms with Crippen LogP contribution in [0.4, 0.5) is 4.39 Å². The predicted octanol–water partition coefficient (Wildman–Crippen LogP) is 4.86. The summed E-state index contributed by atoms with van der Waals surface area (Å²) in [6.45, 7) is 5.48. The first-order chi connectivity index (χ1) is 21.4. The van der Waals surface area contributed by atoms with E-state index < -0.39 is 17.1 Å². The molecule has 0 spiro atoms. The summed E-state index contributed by atoms with van der Waals surface area (Å²) in [5.41, 5.74) is 9.16. The minimum absolute atomic E-state index is 0.0682. The van der Waals surface area contributed by atoms with Gasteiger partial charge in [0.25, 0.3) is 5.56 Å². The zero-order valence-corrected chi connectivity index (χ0v) is 25.2. The second kappa shape index (κ2) is 12.4. The maximum absolute atomic E-state index is 14.3. The van der Waals surface area contributed by atoms with E-state index in [1.807, 2.05) is 24.3 Å². The Balaban J connectivity index is 1.15. The van der Waals surface area contributed by atoms with Crippen LogP contribution < -0.4 is 17.0 Å². The van der Waals surface area contributed by atoms with Gasteiger partial charge in [-0.25, -0.2) is 18.7 Å². The summed E-state index contributed by atoms with van der Waals surface area (Å²) in [5.74, 6) is -0.610. The Hall–Kier alpha value is -3.66. The molecule has 4 aromatic rings. The van der Waals surface area contributed by atoms with Crippen LogP contribution in [-0.4, -0.2) is 62.2 Å². The monoisotopic (exact) mass is 596 g/mol. The lowest BCUT2D eigenvalue weighted by Gasteiger charge is -2.38. The van der Waals surface area contributed by atoms with E-state index >= 15 is 0 Å². The molecule has 2 saturated carbocycles. The maximum atomic E-state index is 14.3. The number of halogens is 1. The quantitative estimate of drug-likeness (QED) is 0.342. The van der Waals surface area contributed by atoms with Crippen molar-refractivity contribution in [3.8, 4) is 16.8 Å². The SMILES string of the molecule is N[C@H]1CC[C@@H](n2c(=O)c3cc(F)cnc3n(-c3cccc(-c4ccc(CN5CCN(C6CCCC6)CC5)cc4)c3)c2=O)CC1. The standard InChI is InChI=1S/C35H41FN6O2/c36-27-21-32-33(38-22-27)41(35(44)42(34(32)43)30-14-12-28(37)13-15-30)31-7-3-4-26(20-31)25-10-8-24(9-11-25)23-39-16-18-40(19-17-39)29-5-1-2-6-29/h3-4,7-11,20-22,28-30H,1-2,5-6,12-19,23,37H2/t28-,30+. The number of fused-ring (bicyclic) bond motifs is 1. The zero-order valence-electron chi connectivity index (χ0n) is 25.2. The number of piperazine rings is 1. The summed E-state index contributed by atoms with van der Waals surface area (Å²) >= 11 is 0. The highest BCUT2D eigenvalue weighted by Crippen LogP contribution is 2.28. The molecular formula is C35H41FN6O2. The van der Waals surface area contributed by atoms with Crippen molar-refractivity contribution in [1.29, 1.82) is 0 Å². The van der Waals surface area contributed by atoms with Gasteiger partial charge in [0.05, 0.1) is 17.3 Å². The molecule has 0 atom stereocenters. The van der Waals surface area contributed by atoms with Crippen molar-refractivity contribution < 1.29 is 4.39 Å². The molecule has 0 amide bonds. The zero-order chi connectivity index (χ0) is 30.2. The topological polar surface area (TPSA) is 89.4 Å². The molecule has 230 valence electrons. The van der Waals surface area contributed by atoms with Crippen molar-refractivity contribution in [3.05, 3.63) is 93.0 Å². The van der Waals surface area contributed by atoms with Gasteiger partial charge in [-0.3, -0.25) is 19.2 Å². The van der Waals surface area contributed by atoms with Crippen molar-refractivity contribution in [2.45, 2.75) is 76.0 Å². The van der Waals surface area contributed by atoms with Crippen molar-refractivity contribution >= 4 is 11.0 Å². The van der Waals surface area contributed by atoms with Crippen LogP contribution in [-0.2, 0) is 6.54 Å². The van der Waals surface area contributed by atoms with Crippen LogP contribution in [0.3, 0.4) is 0 Å². The number of hydrogen-bond donors (Lipinski definition) is 1. The van der Waals surface area contributed by atoms with Crippen LogP contribution in [0, 0.1) is 5.82 Å². The van der Waals surface area contributed by atoms with E-state index in [4.69, 9.17) is 5.73 Å². The van der Waals surface area contributed by atoms with Crippen molar-refractivity contribution in [3.63, 3.8) is 0 Å². The van der Waals surface area contributed by atoms with E-state index in [2.05, 4.69) is 39.0 Å². The summed E-state index contributed by atoms with van der Waals surface area (Å²) in [7, 11) is 0. The minimum Gasteiger partial charge on any atom is -0.328 e. The van der Waals surface area contributed by atoms with Gasteiger partial charge in [-0.05, 0) is 73.4 Å². The molecule has 44 heavy (non-hydrogen) atoms. The van der Waals surface area contributed by atoms with Gasteiger partial charge in [0.1, 0.15) is 5.82 Å². The smallest absolute Gasteiger partial charge is 0.328 e. The van der Waals surface area contributed by atoms with Gasteiger partial charge in [0.2, 0.25) is 0 Å². The van der Waals surface area contributed by atoms with Crippen molar-refractivity contribution in [2.24, 2.45) is 5.73 Å². The Morgan fingerprint density at radius 1 is 0.818 bits per heavy atom. The molecule has 0 radical (unpaired) electrons. The number of pyridine rings is 1. The van der Waals surface area contributed by atoms with Crippen molar-refractivity contribution in [1.82, 2.24) is 23.9 Å². The average molecular weight is 597 g/mol. The summed E-state index contributed by atoms with van der Waals surface area (Å²) in [4.78, 5) is 37.0. The first kappa shape index (κ1) is 29.1. The van der Waals surface area contributed by atoms with Gasteiger partial charge >= 0.3 is 5.69 Å². The number of nitrogens with two attached hydrogens (primary N) is 1. The highest BCUT2D eigenvalue weighted by atomic mass is 19.1. The number of aromatic nitrogens is 3. The van der Waals surface area contributed by atoms with Gasteiger partial charge in [0, 0.05) is 50.8 Å². The van der Waals surface area contributed by atoms with E-state index in [1.165, 1.54) is 46.4 Å². The summed E-state index contributed by atoms with van der Waals surface area (Å²) in [6.07, 6.45) is 9.28. The van der Waals surface area contributed by atoms with Crippen LogP contribution in [0.2, 0.25) is 0 Å². The number of nitrogens with zero attached hydrogens (tertiary/aromatic N) is 5. The van der Waals surface area contributed by atoms with E-state index in [9.17, 15) is 14.0 Å². The first-order valence-corrected chi connectivity index (χ1v) is 16.2. The fraction of sp³-hybridized carbons (Fsp3) is 0.457. The summed E-state index contributed by atoms with van der Waals surface area (Å²) in [6, 6.07) is 18.1. The molecule has 8 nitrogen and oxygen atoms in total. The third-order valence-corrected chi connectivity index (χ3v) is 10.0. The Morgan fingerprint density at radius 3 is 2.27 bits per heavy atom. The second-order valence-electron chi connectivity index (χ2n) is 12.9. The molecule has 2 aliphatic carbocycles. The molecule has 3 fully saturated rings. The van der Waals surface area contributed by atoms with Gasteiger partial charge in [-0.1, -0.05) is 49.2 Å². The second-order valence-corrected chi connectivity index (χ2v) is 12.9. The van der Waals surface area contributed by atoms with E-state index in [0.29, 0.717) is 18.5 Å². The number of hydrogen-bond acceptors (Lipinski definition) is 6. The predicted molar refractivity (Wildman–Crippen MR) is 172 cm³/mol. The normalized spacial score (nSPS) is 22.1. The molecule has 9 heteroatoms. The fourth-order valence-corrected chi connectivity index (χ4v) is 7.54. The van der Waals surface area contributed by atoms with Gasteiger partial charge < -0.3 is 5.73 Å². The lowest BCUT2D eigenvalue weighted by Crippen LogP contribution is -2.49. The third kappa shape index (κ3) is 5.76. The molecule has 3 aliphatic rings. The largest absolute Gasteiger partial charge is 0.337 e. The lowest BCUT2D eigenvalue weighted by atomic mass is 9.91.